The zero-order chi connectivity index (χ0) is 16.2. The molecule has 0 fully saturated rings. The molecule has 0 unspecified atom stereocenters. The number of esters is 1. The molecule has 0 aliphatic rings. The van der Waals surface area contributed by atoms with Crippen LogP contribution in [-0.2, 0) is 9.53 Å². The molecule has 3 nitrogen and oxygen atoms in total. The number of nitrogens with zero attached hydrogens (tertiary/aromatic N) is 1. The van der Waals surface area contributed by atoms with Gasteiger partial charge in [-0.25, -0.2) is 0 Å². The number of nitriles is 1. The van der Waals surface area contributed by atoms with E-state index in [1.807, 2.05) is 50.2 Å². The molecular formula is C18H17NO2S. The van der Waals surface area contributed by atoms with Gasteiger partial charge in [0.1, 0.15) is 4.75 Å². The highest BCUT2D eigenvalue weighted by atomic mass is 32.2. The Morgan fingerprint density at radius 3 is 2.36 bits per heavy atom. The molecule has 2 aromatic carbocycles. The molecule has 22 heavy (non-hydrogen) atoms. The highest BCUT2D eigenvalue weighted by Crippen LogP contribution is 2.39. The standard InChI is InChI=1S/C18H17NO2S/c1-18(2,17(20)21-3)22-16-7-5-4-6-15(16)14-10-8-13(12-19)9-11-14/h4-11H,1-3H3. The predicted octanol–water partition coefficient (Wildman–Crippen LogP) is 4.27. The van der Waals surface area contributed by atoms with Gasteiger partial charge in [-0.3, -0.25) is 4.79 Å². The highest BCUT2D eigenvalue weighted by molar-refractivity contribution is 8.01. The maximum Gasteiger partial charge on any atom is 0.321 e. The Hall–Kier alpha value is -2.25. The fourth-order valence-electron chi connectivity index (χ4n) is 2.08. The van der Waals surface area contributed by atoms with E-state index in [1.54, 1.807) is 12.1 Å². The second-order valence-corrected chi connectivity index (χ2v) is 6.95. The van der Waals surface area contributed by atoms with Gasteiger partial charge in [-0.1, -0.05) is 30.3 Å². The van der Waals surface area contributed by atoms with E-state index in [1.165, 1.54) is 18.9 Å². The summed E-state index contributed by atoms with van der Waals surface area (Å²) in [6, 6.07) is 17.5. The molecule has 2 rings (SSSR count). The van der Waals surface area contributed by atoms with E-state index in [2.05, 4.69) is 6.07 Å². The van der Waals surface area contributed by atoms with Crippen LogP contribution < -0.4 is 0 Å². The number of carbonyl (C=O) groups excluding carboxylic acids is 1. The van der Waals surface area contributed by atoms with Crippen LogP contribution in [-0.4, -0.2) is 17.8 Å². The lowest BCUT2D eigenvalue weighted by atomic mass is 10.0. The summed E-state index contributed by atoms with van der Waals surface area (Å²) in [5, 5.41) is 8.89. The highest BCUT2D eigenvalue weighted by Gasteiger charge is 2.30. The van der Waals surface area contributed by atoms with Gasteiger partial charge in [0.05, 0.1) is 18.7 Å². The van der Waals surface area contributed by atoms with Crippen LogP contribution in [0.1, 0.15) is 19.4 Å². The summed E-state index contributed by atoms with van der Waals surface area (Å²) in [4.78, 5) is 12.9. The number of methoxy groups -OCH3 is 1. The Balaban J connectivity index is 2.38. The number of rotatable bonds is 4. The van der Waals surface area contributed by atoms with E-state index < -0.39 is 4.75 Å². The number of carbonyl (C=O) groups is 1. The van der Waals surface area contributed by atoms with E-state index in [9.17, 15) is 4.79 Å². The lowest BCUT2D eigenvalue weighted by Crippen LogP contribution is -2.28. The monoisotopic (exact) mass is 311 g/mol. The lowest BCUT2D eigenvalue weighted by Gasteiger charge is -2.22. The zero-order valence-corrected chi connectivity index (χ0v) is 13.6. The molecule has 0 aliphatic heterocycles. The van der Waals surface area contributed by atoms with Crippen LogP contribution in [0.3, 0.4) is 0 Å². The first kappa shape index (κ1) is 16.1. The Kier molecular flexibility index (Phi) is 4.89. The van der Waals surface area contributed by atoms with E-state index in [4.69, 9.17) is 10.00 Å². The summed E-state index contributed by atoms with van der Waals surface area (Å²) in [5.41, 5.74) is 2.68. The summed E-state index contributed by atoms with van der Waals surface area (Å²) < 4.78 is 4.20. The van der Waals surface area contributed by atoms with Crippen molar-refractivity contribution in [2.75, 3.05) is 7.11 Å². The normalized spacial score (nSPS) is 10.8. The van der Waals surface area contributed by atoms with Gasteiger partial charge in [0.25, 0.3) is 0 Å². The first-order valence-electron chi connectivity index (χ1n) is 6.85. The Morgan fingerprint density at radius 1 is 1.14 bits per heavy atom. The fraction of sp³-hybridized carbons (Fsp3) is 0.222. The Labute approximate surface area is 134 Å². The third-order valence-corrected chi connectivity index (χ3v) is 4.51. The fourth-order valence-corrected chi connectivity index (χ4v) is 3.24. The minimum absolute atomic E-state index is 0.257. The van der Waals surface area contributed by atoms with E-state index in [0.717, 1.165) is 16.0 Å². The quantitative estimate of drug-likeness (QED) is 0.625. The number of thioether (sulfide) groups is 1. The molecule has 4 heteroatoms. The van der Waals surface area contributed by atoms with Crippen LogP contribution in [0, 0.1) is 11.3 Å². The molecule has 0 radical (unpaired) electrons. The number of ether oxygens (including phenoxy) is 1. The van der Waals surface area contributed by atoms with Gasteiger partial charge in [0.15, 0.2) is 0 Å². The second kappa shape index (κ2) is 6.67. The van der Waals surface area contributed by atoms with Crippen LogP contribution in [0.25, 0.3) is 11.1 Å². The van der Waals surface area contributed by atoms with Gasteiger partial charge >= 0.3 is 5.97 Å². The zero-order valence-electron chi connectivity index (χ0n) is 12.8. The van der Waals surface area contributed by atoms with Crippen LogP contribution in [0.4, 0.5) is 0 Å². The SMILES string of the molecule is COC(=O)C(C)(C)Sc1ccccc1-c1ccc(C#N)cc1. The maximum absolute atomic E-state index is 11.9. The average Bonchev–Trinajstić information content (AvgIpc) is 2.54. The molecule has 0 atom stereocenters. The summed E-state index contributed by atoms with van der Waals surface area (Å²) in [6.07, 6.45) is 0. The van der Waals surface area contributed by atoms with Crippen molar-refractivity contribution >= 4 is 17.7 Å². The molecule has 0 heterocycles. The van der Waals surface area contributed by atoms with Crippen molar-refractivity contribution in [3.63, 3.8) is 0 Å². The van der Waals surface area contributed by atoms with Gasteiger partial charge in [-0.15, -0.1) is 11.8 Å². The molecular weight excluding hydrogens is 294 g/mol. The van der Waals surface area contributed by atoms with Crippen LogP contribution in [0.15, 0.2) is 53.4 Å². The molecule has 0 amide bonds. The number of hydrogen-bond donors (Lipinski definition) is 0. The molecule has 0 N–H and O–H groups in total. The molecule has 0 aliphatic carbocycles. The lowest BCUT2D eigenvalue weighted by molar-refractivity contribution is -0.142. The summed E-state index contributed by atoms with van der Waals surface area (Å²) >= 11 is 1.47. The van der Waals surface area contributed by atoms with Crippen molar-refractivity contribution in [2.45, 2.75) is 23.5 Å². The smallest absolute Gasteiger partial charge is 0.321 e. The third-order valence-electron chi connectivity index (χ3n) is 3.25. The van der Waals surface area contributed by atoms with Gasteiger partial charge in [-0.05, 0) is 43.2 Å². The molecule has 0 bridgehead atoms. The molecule has 0 saturated heterocycles. The van der Waals surface area contributed by atoms with Gasteiger partial charge in [-0.2, -0.15) is 5.26 Å². The molecule has 0 aromatic heterocycles. The van der Waals surface area contributed by atoms with E-state index in [-0.39, 0.29) is 5.97 Å². The van der Waals surface area contributed by atoms with E-state index in [0.29, 0.717) is 5.56 Å². The van der Waals surface area contributed by atoms with Crippen LogP contribution in [0.5, 0.6) is 0 Å². The summed E-state index contributed by atoms with van der Waals surface area (Å²) in [6.45, 7) is 3.69. The molecule has 2 aromatic rings. The molecule has 0 spiro atoms. The largest absolute Gasteiger partial charge is 0.468 e. The first-order chi connectivity index (χ1) is 10.5. The van der Waals surface area contributed by atoms with Crippen LogP contribution >= 0.6 is 11.8 Å². The third kappa shape index (κ3) is 3.49. The average molecular weight is 311 g/mol. The minimum atomic E-state index is -0.669. The van der Waals surface area contributed by atoms with Crippen molar-refractivity contribution in [1.82, 2.24) is 0 Å². The van der Waals surface area contributed by atoms with Gasteiger partial charge in [0, 0.05) is 4.90 Å². The van der Waals surface area contributed by atoms with Crippen LogP contribution in [0.2, 0.25) is 0 Å². The first-order valence-corrected chi connectivity index (χ1v) is 7.66. The Bertz CT molecular complexity index is 715. The number of benzene rings is 2. The van der Waals surface area contributed by atoms with Crippen molar-refractivity contribution in [1.29, 1.82) is 5.26 Å². The van der Waals surface area contributed by atoms with E-state index >= 15 is 0 Å². The summed E-state index contributed by atoms with van der Waals surface area (Å²) in [5.74, 6) is -0.257. The number of hydrogen-bond acceptors (Lipinski definition) is 4. The minimum Gasteiger partial charge on any atom is -0.468 e. The van der Waals surface area contributed by atoms with Crippen molar-refractivity contribution in [3.8, 4) is 17.2 Å². The predicted molar refractivity (Wildman–Crippen MR) is 88.5 cm³/mol. The molecule has 112 valence electrons. The topological polar surface area (TPSA) is 50.1 Å². The van der Waals surface area contributed by atoms with Crippen molar-refractivity contribution in [3.05, 3.63) is 54.1 Å². The Morgan fingerprint density at radius 2 is 1.77 bits per heavy atom. The summed E-state index contributed by atoms with van der Waals surface area (Å²) in [7, 11) is 1.40. The van der Waals surface area contributed by atoms with Crippen molar-refractivity contribution < 1.29 is 9.53 Å². The molecule has 0 saturated carbocycles. The van der Waals surface area contributed by atoms with Gasteiger partial charge < -0.3 is 4.74 Å². The second-order valence-electron chi connectivity index (χ2n) is 5.29. The van der Waals surface area contributed by atoms with Crippen molar-refractivity contribution in [2.24, 2.45) is 0 Å². The van der Waals surface area contributed by atoms with Gasteiger partial charge in [0.2, 0.25) is 0 Å². The maximum atomic E-state index is 11.9.